The Bertz CT molecular complexity index is 613. The van der Waals surface area contributed by atoms with Crippen LogP contribution in [0.4, 0.5) is 5.69 Å². The normalized spacial score (nSPS) is 13.5. The van der Waals surface area contributed by atoms with E-state index in [0.29, 0.717) is 23.0 Å². The van der Waals surface area contributed by atoms with Crippen LogP contribution in [0.1, 0.15) is 23.7 Å². The summed E-state index contributed by atoms with van der Waals surface area (Å²) in [6.45, 7) is 2.04. The van der Waals surface area contributed by atoms with Gasteiger partial charge in [0.15, 0.2) is 11.0 Å². The second kappa shape index (κ2) is 7.03. The fourth-order valence-corrected chi connectivity index (χ4v) is 2.58. The number of benzene rings is 1. The summed E-state index contributed by atoms with van der Waals surface area (Å²) < 4.78 is 0. The molecule has 1 aliphatic heterocycles. The minimum absolute atomic E-state index is 0.267. The lowest BCUT2D eigenvalue weighted by Crippen LogP contribution is -2.29. The number of hydrogen-bond acceptors (Lipinski definition) is 5. The van der Waals surface area contributed by atoms with Gasteiger partial charge in [-0.15, -0.1) is 0 Å². The Morgan fingerprint density at radius 1 is 1.24 bits per heavy atom. The summed E-state index contributed by atoms with van der Waals surface area (Å²) in [5.74, 6) is -0.169. The summed E-state index contributed by atoms with van der Waals surface area (Å²) in [6.07, 6.45) is -0.282. The molecule has 0 bridgehead atoms. The van der Waals surface area contributed by atoms with E-state index in [-0.39, 0.29) is 18.1 Å². The van der Waals surface area contributed by atoms with Gasteiger partial charge in [-0.25, -0.2) is 0 Å². The number of para-hydroxylation sites is 1. The highest BCUT2D eigenvalue weighted by Crippen LogP contribution is 2.17. The standard InChI is InChI=1S/C14H15N3O3S/c1-9(18)16-11-5-3-2-4-10(11)12(19)8-13(20)17-14-15-6-7-21-14/h2-5H,6-8H2,1H3,(H,16,18)(H,15,17,20). The molecule has 0 aliphatic carbocycles. The Morgan fingerprint density at radius 3 is 2.67 bits per heavy atom. The Labute approximate surface area is 126 Å². The lowest BCUT2D eigenvalue weighted by atomic mass is 10.1. The molecule has 0 atom stereocenters. The number of Topliss-reactive ketones (excluding diaryl/α,β-unsaturated/α-hetero) is 1. The number of thioether (sulfide) groups is 1. The number of amidine groups is 1. The molecular formula is C14H15N3O3S. The van der Waals surface area contributed by atoms with E-state index in [2.05, 4.69) is 15.6 Å². The molecule has 2 amide bonds. The monoisotopic (exact) mass is 305 g/mol. The van der Waals surface area contributed by atoms with Gasteiger partial charge in [-0.05, 0) is 12.1 Å². The number of carbonyl (C=O) groups is 3. The zero-order valence-electron chi connectivity index (χ0n) is 11.5. The molecule has 21 heavy (non-hydrogen) atoms. The molecule has 0 spiro atoms. The van der Waals surface area contributed by atoms with Crippen molar-refractivity contribution in [3.8, 4) is 0 Å². The first-order valence-corrected chi connectivity index (χ1v) is 7.42. The second-order valence-corrected chi connectivity index (χ2v) is 5.49. The van der Waals surface area contributed by atoms with Crippen LogP contribution in [0.2, 0.25) is 0 Å². The van der Waals surface area contributed by atoms with Crippen molar-refractivity contribution in [2.75, 3.05) is 17.6 Å². The van der Waals surface area contributed by atoms with Crippen molar-refractivity contribution < 1.29 is 14.4 Å². The third-order valence-corrected chi connectivity index (χ3v) is 3.58. The molecule has 0 aromatic heterocycles. The number of aliphatic imine (C=N–C) groups is 1. The zero-order chi connectivity index (χ0) is 15.2. The highest BCUT2D eigenvalue weighted by molar-refractivity contribution is 8.14. The van der Waals surface area contributed by atoms with Crippen LogP contribution in [0.15, 0.2) is 29.3 Å². The summed E-state index contributed by atoms with van der Waals surface area (Å²) in [7, 11) is 0. The van der Waals surface area contributed by atoms with E-state index in [1.54, 1.807) is 24.3 Å². The van der Waals surface area contributed by atoms with Gasteiger partial charge in [0.05, 0.1) is 18.7 Å². The van der Waals surface area contributed by atoms with Gasteiger partial charge in [0.1, 0.15) is 0 Å². The molecule has 0 saturated heterocycles. The van der Waals surface area contributed by atoms with Crippen molar-refractivity contribution in [1.82, 2.24) is 5.32 Å². The fourth-order valence-electron chi connectivity index (χ4n) is 1.84. The zero-order valence-corrected chi connectivity index (χ0v) is 12.3. The average Bonchev–Trinajstić information content (AvgIpc) is 2.91. The third kappa shape index (κ3) is 4.42. The molecule has 6 nitrogen and oxygen atoms in total. The van der Waals surface area contributed by atoms with Crippen molar-refractivity contribution in [2.24, 2.45) is 4.99 Å². The van der Waals surface area contributed by atoms with Crippen LogP contribution < -0.4 is 10.6 Å². The number of amides is 2. The van der Waals surface area contributed by atoms with Crippen molar-refractivity contribution >= 4 is 40.2 Å². The van der Waals surface area contributed by atoms with Crippen LogP contribution in [0.3, 0.4) is 0 Å². The minimum Gasteiger partial charge on any atom is -0.326 e. The number of ketones is 1. The summed E-state index contributed by atoms with van der Waals surface area (Å²) in [5, 5.41) is 5.75. The van der Waals surface area contributed by atoms with E-state index in [0.717, 1.165) is 5.75 Å². The maximum absolute atomic E-state index is 12.2. The van der Waals surface area contributed by atoms with Crippen LogP contribution in [0.25, 0.3) is 0 Å². The van der Waals surface area contributed by atoms with Gasteiger partial charge >= 0.3 is 0 Å². The molecular weight excluding hydrogens is 290 g/mol. The Morgan fingerprint density at radius 2 is 2.00 bits per heavy atom. The molecule has 0 saturated carbocycles. The molecule has 1 aliphatic rings. The van der Waals surface area contributed by atoms with Gasteiger partial charge in [0.2, 0.25) is 11.8 Å². The number of anilines is 1. The molecule has 0 unspecified atom stereocenters. The SMILES string of the molecule is CC(=O)Nc1ccccc1C(=O)CC(=O)NC1=NCCS1. The first-order valence-electron chi connectivity index (χ1n) is 6.43. The number of carbonyl (C=O) groups excluding carboxylic acids is 3. The molecule has 2 rings (SSSR count). The van der Waals surface area contributed by atoms with E-state index in [9.17, 15) is 14.4 Å². The summed E-state index contributed by atoms with van der Waals surface area (Å²) in [6, 6.07) is 6.62. The molecule has 2 N–H and O–H groups in total. The van der Waals surface area contributed by atoms with Gasteiger partial charge in [0, 0.05) is 18.2 Å². The molecule has 7 heteroatoms. The third-order valence-electron chi connectivity index (χ3n) is 2.69. The topological polar surface area (TPSA) is 87.6 Å². The second-order valence-electron chi connectivity index (χ2n) is 4.41. The lowest BCUT2D eigenvalue weighted by molar-refractivity contribution is -0.118. The molecule has 1 aromatic rings. The van der Waals surface area contributed by atoms with Crippen molar-refractivity contribution in [2.45, 2.75) is 13.3 Å². The summed E-state index contributed by atoms with van der Waals surface area (Å²) in [4.78, 5) is 39.2. The molecule has 0 fully saturated rings. The van der Waals surface area contributed by atoms with Crippen molar-refractivity contribution in [3.05, 3.63) is 29.8 Å². The first-order chi connectivity index (χ1) is 10.1. The number of nitrogens with zero attached hydrogens (tertiary/aromatic N) is 1. The first kappa shape index (κ1) is 15.2. The Hall–Kier alpha value is -2.15. The van der Waals surface area contributed by atoms with E-state index >= 15 is 0 Å². The largest absolute Gasteiger partial charge is 0.326 e. The van der Waals surface area contributed by atoms with Crippen LogP contribution in [0.5, 0.6) is 0 Å². The number of nitrogens with one attached hydrogen (secondary N) is 2. The van der Waals surface area contributed by atoms with Gasteiger partial charge < -0.3 is 10.6 Å². The smallest absolute Gasteiger partial charge is 0.233 e. The highest BCUT2D eigenvalue weighted by atomic mass is 32.2. The molecule has 1 aromatic carbocycles. The predicted octanol–water partition coefficient (Wildman–Crippen LogP) is 1.44. The minimum atomic E-state index is -0.397. The van der Waals surface area contributed by atoms with Crippen LogP contribution in [-0.4, -0.2) is 35.1 Å². The van der Waals surface area contributed by atoms with Crippen molar-refractivity contribution in [3.63, 3.8) is 0 Å². The quantitative estimate of drug-likeness (QED) is 0.651. The van der Waals surface area contributed by atoms with E-state index in [1.165, 1.54) is 18.7 Å². The number of hydrogen-bond donors (Lipinski definition) is 2. The van der Waals surface area contributed by atoms with E-state index in [1.807, 2.05) is 0 Å². The van der Waals surface area contributed by atoms with Crippen LogP contribution in [0, 0.1) is 0 Å². The number of rotatable bonds is 4. The van der Waals surface area contributed by atoms with Crippen LogP contribution in [-0.2, 0) is 9.59 Å². The lowest BCUT2D eigenvalue weighted by Gasteiger charge is -2.09. The van der Waals surface area contributed by atoms with E-state index < -0.39 is 5.91 Å². The van der Waals surface area contributed by atoms with Crippen LogP contribution >= 0.6 is 11.8 Å². The molecule has 0 radical (unpaired) electrons. The predicted molar refractivity (Wildman–Crippen MR) is 82.6 cm³/mol. The van der Waals surface area contributed by atoms with Gasteiger partial charge in [0.25, 0.3) is 0 Å². The van der Waals surface area contributed by atoms with Gasteiger partial charge in [-0.2, -0.15) is 0 Å². The summed E-state index contributed by atoms with van der Waals surface area (Å²) in [5.41, 5.74) is 0.735. The van der Waals surface area contributed by atoms with E-state index in [4.69, 9.17) is 0 Å². The highest BCUT2D eigenvalue weighted by Gasteiger charge is 2.17. The molecule has 1 heterocycles. The summed E-state index contributed by atoms with van der Waals surface area (Å²) >= 11 is 1.45. The maximum Gasteiger partial charge on any atom is 0.233 e. The molecule has 110 valence electrons. The fraction of sp³-hybridized carbons (Fsp3) is 0.286. The van der Waals surface area contributed by atoms with Gasteiger partial charge in [-0.1, -0.05) is 23.9 Å². The Kier molecular flexibility index (Phi) is 5.10. The Balaban J connectivity index is 2.02. The average molecular weight is 305 g/mol. The maximum atomic E-state index is 12.2. The van der Waals surface area contributed by atoms with Gasteiger partial charge in [-0.3, -0.25) is 19.4 Å². The van der Waals surface area contributed by atoms with Crippen molar-refractivity contribution in [1.29, 1.82) is 0 Å².